The summed E-state index contributed by atoms with van der Waals surface area (Å²) in [4.78, 5) is 31.6. The Morgan fingerprint density at radius 3 is 2.65 bits per heavy atom. The van der Waals surface area contributed by atoms with Crippen molar-refractivity contribution in [1.29, 1.82) is 0 Å². The fraction of sp³-hybridized carbons (Fsp3) is 0.167. The molecule has 1 aromatic rings. The van der Waals surface area contributed by atoms with Crippen molar-refractivity contribution in [3.63, 3.8) is 0 Å². The maximum Gasteiger partial charge on any atom is 0.338 e. The number of carboxylic acid groups (broad SMARTS) is 1. The number of ether oxygens (including phenoxy) is 1. The highest BCUT2D eigenvalue weighted by atomic mass is 19.1. The van der Waals surface area contributed by atoms with E-state index in [1.54, 1.807) is 0 Å². The van der Waals surface area contributed by atoms with Crippen LogP contribution in [0.25, 0.3) is 6.08 Å². The number of hydrogen-bond acceptors (Lipinski definition) is 5. The standard InChI is InChI=1S/C12H10FNO6/c1-20-11(15)4-2-3-7-5-9(13)8(12(16)17)6-10(7)14(18)19/h2-3,5-6H,4H2,1H3,(H,16,17). The Bertz CT molecular complexity index is 596. The van der Waals surface area contributed by atoms with Crippen LogP contribution in [-0.4, -0.2) is 29.1 Å². The summed E-state index contributed by atoms with van der Waals surface area (Å²) in [5.74, 6) is -3.26. The van der Waals surface area contributed by atoms with Crippen LogP contribution < -0.4 is 0 Å². The second-order valence-corrected chi connectivity index (χ2v) is 3.64. The van der Waals surface area contributed by atoms with Gasteiger partial charge < -0.3 is 9.84 Å². The zero-order valence-corrected chi connectivity index (χ0v) is 10.3. The van der Waals surface area contributed by atoms with Gasteiger partial charge in [-0.25, -0.2) is 9.18 Å². The molecule has 0 aliphatic carbocycles. The molecule has 0 saturated heterocycles. The summed E-state index contributed by atoms with van der Waals surface area (Å²) < 4.78 is 17.8. The zero-order chi connectivity index (χ0) is 15.3. The van der Waals surface area contributed by atoms with Crippen LogP contribution in [0.4, 0.5) is 10.1 Å². The SMILES string of the molecule is COC(=O)CC=Cc1cc(F)c(C(=O)O)cc1[N+](=O)[O-]. The number of nitrogens with zero attached hydrogens (tertiary/aromatic N) is 1. The molecule has 1 aromatic carbocycles. The summed E-state index contributed by atoms with van der Waals surface area (Å²) in [6.07, 6.45) is 2.27. The van der Waals surface area contributed by atoms with E-state index in [0.717, 1.165) is 12.1 Å². The van der Waals surface area contributed by atoms with Gasteiger partial charge in [0.25, 0.3) is 5.69 Å². The Morgan fingerprint density at radius 1 is 1.50 bits per heavy atom. The summed E-state index contributed by atoms with van der Waals surface area (Å²) in [7, 11) is 1.18. The lowest BCUT2D eigenvalue weighted by Gasteiger charge is -2.02. The number of halogens is 1. The van der Waals surface area contributed by atoms with Crippen LogP contribution in [0.15, 0.2) is 18.2 Å². The molecule has 0 aliphatic rings. The fourth-order valence-electron chi connectivity index (χ4n) is 1.40. The molecular weight excluding hydrogens is 273 g/mol. The molecule has 0 radical (unpaired) electrons. The van der Waals surface area contributed by atoms with Gasteiger partial charge in [-0.3, -0.25) is 14.9 Å². The molecule has 0 aliphatic heterocycles. The van der Waals surface area contributed by atoms with Crippen molar-refractivity contribution in [3.05, 3.63) is 45.3 Å². The highest BCUT2D eigenvalue weighted by molar-refractivity contribution is 5.89. The normalized spacial score (nSPS) is 10.5. The van der Waals surface area contributed by atoms with Crippen molar-refractivity contribution >= 4 is 23.7 Å². The first-order valence-corrected chi connectivity index (χ1v) is 5.31. The molecule has 1 N–H and O–H groups in total. The third kappa shape index (κ3) is 3.61. The van der Waals surface area contributed by atoms with Crippen LogP contribution >= 0.6 is 0 Å². The number of carboxylic acids is 1. The van der Waals surface area contributed by atoms with E-state index in [9.17, 15) is 24.1 Å². The minimum Gasteiger partial charge on any atom is -0.478 e. The minimum absolute atomic E-state index is 0.138. The maximum atomic E-state index is 13.5. The lowest BCUT2D eigenvalue weighted by atomic mass is 10.1. The van der Waals surface area contributed by atoms with Gasteiger partial charge in [-0.15, -0.1) is 0 Å². The average Bonchev–Trinajstić information content (AvgIpc) is 2.37. The Morgan fingerprint density at radius 2 is 2.15 bits per heavy atom. The molecule has 0 bridgehead atoms. The first-order chi connectivity index (χ1) is 9.36. The number of hydrogen-bond donors (Lipinski definition) is 1. The lowest BCUT2D eigenvalue weighted by Crippen LogP contribution is -2.03. The van der Waals surface area contributed by atoms with E-state index in [1.165, 1.54) is 13.2 Å². The second-order valence-electron chi connectivity index (χ2n) is 3.64. The maximum absolute atomic E-state index is 13.5. The van der Waals surface area contributed by atoms with Crippen LogP contribution in [0.2, 0.25) is 0 Å². The number of esters is 1. The number of nitro benzene ring substituents is 1. The van der Waals surface area contributed by atoms with Crippen molar-refractivity contribution in [2.45, 2.75) is 6.42 Å². The molecule has 20 heavy (non-hydrogen) atoms. The zero-order valence-electron chi connectivity index (χ0n) is 10.3. The van der Waals surface area contributed by atoms with Gasteiger partial charge in [-0.2, -0.15) is 0 Å². The van der Waals surface area contributed by atoms with Crippen molar-refractivity contribution in [3.8, 4) is 0 Å². The molecule has 0 aromatic heterocycles. The van der Waals surface area contributed by atoms with E-state index in [1.807, 2.05) is 0 Å². The van der Waals surface area contributed by atoms with E-state index >= 15 is 0 Å². The Balaban J connectivity index is 3.19. The highest BCUT2D eigenvalue weighted by Crippen LogP contribution is 2.24. The number of carbonyl (C=O) groups is 2. The second kappa shape index (κ2) is 6.41. The highest BCUT2D eigenvalue weighted by Gasteiger charge is 2.20. The summed E-state index contributed by atoms with van der Waals surface area (Å²) in [6.45, 7) is 0. The van der Waals surface area contributed by atoms with Gasteiger partial charge in [0.05, 0.1) is 24.0 Å². The van der Waals surface area contributed by atoms with Crippen molar-refractivity contribution in [2.24, 2.45) is 0 Å². The molecular formula is C12H10FNO6. The average molecular weight is 283 g/mol. The molecule has 0 spiro atoms. The number of benzene rings is 1. The summed E-state index contributed by atoms with van der Waals surface area (Å²) in [5, 5.41) is 19.5. The molecule has 0 unspecified atom stereocenters. The van der Waals surface area contributed by atoms with E-state index in [2.05, 4.69) is 4.74 Å². The molecule has 0 atom stereocenters. The molecule has 0 amide bonds. The fourth-order valence-corrected chi connectivity index (χ4v) is 1.40. The Labute approximate surface area is 112 Å². The molecule has 0 heterocycles. The molecule has 106 valence electrons. The van der Waals surface area contributed by atoms with Gasteiger partial charge >= 0.3 is 11.9 Å². The van der Waals surface area contributed by atoms with Crippen molar-refractivity contribution in [1.82, 2.24) is 0 Å². The summed E-state index contributed by atoms with van der Waals surface area (Å²) >= 11 is 0. The van der Waals surface area contributed by atoms with E-state index < -0.39 is 33.9 Å². The number of nitro groups is 1. The first-order valence-electron chi connectivity index (χ1n) is 5.31. The third-order valence-corrected chi connectivity index (χ3v) is 2.35. The van der Waals surface area contributed by atoms with E-state index in [-0.39, 0.29) is 12.0 Å². The van der Waals surface area contributed by atoms with Crippen molar-refractivity contribution in [2.75, 3.05) is 7.11 Å². The van der Waals surface area contributed by atoms with Gasteiger partial charge in [0.2, 0.25) is 0 Å². The Kier molecular flexibility index (Phi) is 4.90. The monoisotopic (exact) mass is 283 g/mol. The van der Waals surface area contributed by atoms with Crippen LogP contribution in [0.1, 0.15) is 22.3 Å². The molecule has 7 nitrogen and oxygen atoms in total. The molecule has 0 saturated carbocycles. The third-order valence-electron chi connectivity index (χ3n) is 2.35. The predicted octanol–water partition coefficient (Wildman–Crippen LogP) is 2.01. The first kappa shape index (κ1) is 15.3. The molecule has 1 rings (SSSR count). The number of methoxy groups -OCH3 is 1. The van der Waals surface area contributed by atoms with Gasteiger partial charge in [0, 0.05) is 6.07 Å². The minimum atomic E-state index is -1.60. The van der Waals surface area contributed by atoms with Crippen LogP contribution in [-0.2, 0) is 9.53 Å². The number of aromatic carboxylic acids is 1. The summed E-state index contributed by atoms with van der Waals surface area (Å²) in [6, 6.07) is 1.37. The van der Waals surface area contributed by atoms with Crippen LogP contribution in [0.5, 0.6) is 0 Å². The predicted molar refractivity (Wildman–Crippen MR) is 65.7 cm³/mol. The topological polar surface area (TPSA) is 107 Å². The summed E-state index contributed by atoms with van der Waals surface area (Å²) in [5.41, 5.74) is -1.49. The molecule has 0 fully saturated rings. The van der Waals surface area contributed by atoms with Crippen molar-refractivity contribution < 1.29 is 28.7 Å². The number of carbonyl (C=O) groups excluding carboxylic acids is 1. The van der Waals surface area contributed by atoms with E-state index in [0.29, 0.717) is 6.07 Å². The lowest BCUT2D eigenvalue weighted by molar-refractivity contribution is -0.385. The quantitative estimate of drug-likeness (QED) is 0.503. The van der Waals surface area contributed by atoms with Gasteiger partial charge in [0.15, 0.2) is 0 Å². The van der Waals surface area contributed by atoms with Crippen LogP contribution in [0.3, 0.4) is 0 Å². The van der Waals surface area contributed by atoms with Gasteiger partial charge in [-0.1, -0.05) is 12.2 Å². The van der Waals surface area contributed by atoms with E-state index in [4.69, 9.17) is 5.11 Å². The smallest absolute Gasteiger partial charge is 0.338 e. The largest absolute Gasteiger partial charge is 0.478 e. The van der Waals surface area contributed by atoms with Gasteiger partial charge in [0.1, 0.15) is 11.4 Å². The van der Waals surface area contributed by atoms with Gasteiger partial charge in [-0.05, 0) is 6.07 Å². The Hall–Kier alpha value is -2.77. The molecule has 8 heteroatoms. The van der Waals surface area contributed by atoms with Crippen LogP contribution in [0, 0.1) is 15.9 Å². The number of rotatable bonds is 5.